The number of methoxy groups -OCH3 is 1. The first-order valence-corrected chi connectivity index (χ1v) is 9.86. The van der Waals surface area contributed by atoms with Crippen LogP contribution in [0.1, 0.15) is 11.4 Å². The Bertz CT molecular complexity index is 1470. The van der Waals surface area contributed by atoms with Crippen LogP contribution >= 0.6 is 0 Å². The summed E-state index contributed by atoms with van der Waals surface area (Å²) in [5.74, 6) is 0.832. The van der Waals surface area contributed by atoms with Gasteiger partial charge in [0, 0.05) is 12.7 Å². The SMILES string of the molecule is COc1ncnc2ccn(-c3cnc4nc(C)n(Cc5cccc(OC(F)(F)F)c5)c4c3)c12. The number of hydrogen-bond donors (Lipinski definition) is 0. The van der Waals surface area contributed by atoms with Crippen LogP contribution < -0.4 is 9.47 Å². The minimum Gasteiger partial charge on any atom is -0.479 e. The van der Waals surface area contributed by atoms with Crippen LogP contribution in [0.5, 0.6) is 11.6 Å². The van der Waals surface area contributed by atoms with Crippen LogP contribution in [0.4, 0.5) is 13.2 Å². The Hall–Kier alpha value is -4.15. The number of halogens is 3. The van der Waals surface area contributed by atoms with Gasteiger partial charge < -0.3 is 18.6 Å². The minimum absolute atomic E-state index is 0.271. The lowest BCUT2D eigenvalue weighted by molar-refractivity contribution is -0.274. The van der Waals surface area contributed by atoms with Gasteiger partial charge in [0.1, 0.15) is 23.4 Å². The first kappa shape index (κ1) is 20.7. The van der Waals surface area contributed by atoms with Crippen molar-refractivity contribution in [1.82, 2.24) is 29.1 Å². The highest BCUT2D eigenvalue weighted by Crippen LogP contribution is 2.28. The van der Waals surface area contributed by atoms with Crippen molar-refractivity contribution in [2.75, 3.05) is 7.11 Å². The van der Waals surface area contributed by atoms with Gasteiger partial charge in [-0.25, -0.2) is 15.0 Å². The van der Waals surface area contributed by atoms with Crippen LogP contribution in [0, 0.1) is 6.92 Å². The molecule has 0 atom stereocenters. The van der Waals surface area contributed by atoms with Crippen LogP contribution in [0.3, 0.4) is 0 Å². The summed E-state index contributed by atoms with van der Waals surface area (Å²) in [6.45, 7) is 2.11. The fourth-order valence-electron chi connectivity index (χ4n) is 3.77. The predicted molar refractivity (Wildman–Crippen MR) is 113 cm³/mol. The van der Waals surface area contributed by atoms with Crippen molar-refractivity contribution in [3.05, 3.63) is 66.5 Å². The molecule has 0 saturated carbocycles. The maximum Gasteiger partial charge on any atom is 0.573 e. The number of benzene rings is 1. The summed E-state index contributed by atoms with van der Waals surface area (Å²) in [6, 6.07) is 9.63. The average molecular weight is 454 g/mol. The molecule has 0 aliphatic heterocycles. The normalized spacial score (nSPS) is 11.9. The fourth-order valence-corrected chi connectivity index (χ4v) is 3.77. The summed E-state index contributed by atoms with van der Waals surface area (Å²) in [5, 5.41) is 0. The molecule has 4 aromatic heterocycles. The number of aromatic nitrogens is 6. The third kappa shape index (κ3) is 3.93. The Labute approximate surface area is 185 Å². The van der Waals surface area contributed by atoms with Crippen molar-refractivity contribution < 1.29 is 22.6 Å². The molecule has 0 spiro atoms. The molecule has 5 rings (SSSR count). The van der Waals surface area contributed by atoms with E-state index in [2.05, 4.69) is 24.7 Å². The van der Waals surface area contributed by atoms with Gasteiger partial charge in [-0.05, 0) is 36.8 Å². The number of nitrogens with zero attached hydrogens (tertiary/aromatic N) is 6. The molecule has 0 bridgehead atoms. The van der Waals surface area contributed by atoms with Crippen LogP contribution in [0.2, 0.25) is 0 Å². The largest absolute Gasteiger partial charge is 0.573 e. The van der Waals surface area contributed by atoms with E-state index in [-0.39, 0.29) is 5.75 Å². The van der Waals surface area contributed by atoms with Gasteiger partial charge in [0.2, 0.25) is 5.88 Å². The molecule has 0 N–H and O–H groups in total. The molecule has 0 fully saturated rings. The van der Waals surface area contributed by atoms with Gasteiger partial charge in [0.05, 0.1) is 30.0 Å². The van der Waals surface area contributed by atoms with E-state index in [9.17, 15) is 13.2 Å². The lowest BCUT2D eigenvalue weighted by atomic mass is 10.2. The topological polar surface area (TPSA) is 79.9 Å². The number of aryl methyl sites for hydroxylation is 1. The Kier molecular flexibility index (Phi) is 4.88. The lowest BCUT2D eigenvalue weighted by Crippen LogP contribution is -2.17. The molecule has 0 saturated heterocycles. The van der Waals surface area contributed by atoms with Crippen molar-refractivity contribution in [1.29, 1.82) is 0 Å². The minimum atomic E-state index is -4.75. The maximum absolute atomic E-state index is 12.6. The third-order valence-corrected chi connectivity index (χ3v) is 5.17. The predicted octanol–water partition coefficient (Wildman–Crippen LogP) is 4.43. The molecule has 0 aliphatic carbocycles. The third-order valence-electron chi connectivity index (χ3n) is 5.17. The van der Waals surface area contributed by atoms with Gasteiger partial charge in [-0.3, -0.25) is 0 Å². The molecule has 11 heteroatoms. The standard InChI is InChI=1S/C22H17F3N6O2/c1-13-29-20-18(31(13)11-14-4-3-5-16(8-14)33-22(23,24)25)9-15(10-26-20)30-7-6-17-19(30)21(32-2)28-12-27-17/h3-10,12H,11H2,1-2H3. The zero-order chi connectivity index (χ0) is 23.2. The smallest absolute Gasteiger partial charge is 0.479 e. The van der Waals surface area contributed by atoms with Crippen molar-refractivity contribution in [3.63, 3.8) is 0 Å². The van der Waals surface area contributed by atoms with Crippen molar-refractivity contribution in [2.45, 2.75) is 19.8 Å². The zero-order valence-electron chi connectivity index (χ0n) is 17.5. The second kappa shape index (κ2) is 7.76. The summed E-state index contributed by atoms with van der Waals surface area (Å²) in [7, 11) is 1.54. The summed E-state index contributed by atoms with van der Waals surface area (Å²) < 4.78 is 51.0. The van der Waals surface area contributed by atoms with Gasteiger partial charge in [0.25, 0.3) is 0 Å². The Morgan fingerprint density at radius 1 is 1.06 bits per heavy atom. The maximum atomic E-state index is 12.6. The molecule has 0 unspecified atom stereocenters. The fraction of sp³-hybridized carbons (Fsp3) is 0.182. The Morgan fingerprint density at radius 3 is 2.70 bits per heavy atom. The van der Waals surface area contributed by atoms with E-state index in [1.807, 2.05) is 34.4 Å². The van der Waals surface area contributed by atoms with Crippen LogP contribution in [0.15, 0.2) is 55.1 Å². The zero-order valence-corrected chi connectivity index (χ0v) is 17.5. The number of fused-ring (bicyclic) bond motifs is 2. The monoisotopic (exact) mass is 454 g/mol. The van der Waals surface area contributed by atoms with Gasteiger partial charge >= 0.3 is 6.36 Å². The Morgan fingerprint density at radius 2 is 1.91 bits per heavy atom. The van der Waals surface area contributed by atoms with Crippen molar-refractivity contribution in [3.8, 4) is 17.3 Å². The van der Waals surface area contributed by atoms with Crippen LogP contribution in [-0.4, -0.2) is 42.5 Å². The first-order valence-electron chi connectivity index (χ1n) is 9.86. The molecule has 0 amide bonds. The van der Waals surface area contributed by atoms with Crippen LogP contribution in [0.25, 0.3) is 27.9 Å². The van der Waals surface area contributed by atoms with E-state index in [1.54, 1.807) is 12.3 Å². The summed E-state index contributed by atoms with van der Waals surface area (Å²) in [5.41, 5.74) is 4.03. The molecule has 0 aliphatic rings. The van der Waals surface area contributed by atoms with Gasteiger partial charge in [0.15, 0.2) is 5.65 Å². The number of rotatable bonds is 5. The van der Waals surface area contributed by atoms with Crippen LogP contribution in [-0.2, 0) is 6.54 Å². The number of pyridine rings is 1. The first-order chi connectivity index (χ1) is 15.8. The second-order valence-electron chi connectivity index (χ2n) is 7.28. The molecular formula is C22H17F3N6O2. The van der Waals surface area contributed by atoms with Gasteiger partial charge in [-0.1, -0.05) is 12.1 Å². The molecule has 1 aromatic carbocycles. The van der Waals surface area contributed by atoms with E-state index in [0.29, 0.717) is 40.5 Å². The highest BCUT2D eigenvalue weighted by atomic mass is 19.4. The van der Waals surface area contributed by atoms with E-state index in [1.165, 1.54) is 31.6 Å². The number of alkyl halides is 3. The molecule has 5 aromatic rings. The van der Waals surface area contributed by atoms with E-state index < -0.39 is 6.36 Å². The van der Waals surface area contributed by atoms with Gasteiger partial charge in [-0.15, -0.1) is 13.2 Å². The molecular weight excluding hydrogens is 437 g/mol. The highest BCUT2D eigenvalue weighted by Gasteiger charge is 2.31. The summed E-state index contributed by atoms with van der Waals surface area (Å²) in [4.78, 5) is 17.4. The molecule has 168 valence electrons. The molecule has 4 heterocycles. The van der Waals surface area contributed by atoms with Crippen molar-refractivity contribution >= 4 is 22.2 Å². The lowest BCUT2D eigenvalue weighted by Gasteiger charge is -2.12. The van der Waals surface area contributed by atoms with Crippen molar-refractivity contribution in [2.24, 2.45) is 0 Å². The highest BCUT2D eigenvalue weighted by molar-refractivity contribution is 5.83. The number of hydrogen-bond acceptors (Lipinski definition) is 6. The van der Waals surface area contributed by atoms with E-state index in [4.69, 9.17) is 4.74 Å². The molecule has 33 heavy (non-hydrogen) atoms. The number of ether oxygens (including phenoxy) is 2. The summed E-state index contributed by atoms with van der Waals surface area (Å²) in [6.07, 6.45) is 0.209. The summed E-state index contributed by atoms with van der Waals surface area (Å²) >= 11 is 0. The number of imidazole rings is 1. The van der Waals surface area contributed by atoms with E-state index in [0.717, 1.165) is 11.2 Å². The molecule has 8 nitrogen and oxygen atoms in total. The molecule has 0 radical (unpaired) electrons. The Balaban J connectivity index is 1.57. The average Bonchev–Trinajstić information content (AvgIpc) is 3.33. The van der Waals surface area contributed by atoms with E-state index >= 15 is 0 Å². The second-order valence-corrected chi connectivity index (χ2v) is 7.28. The van der Waals surface area contributed by atoms with Gasteiger partial charge in [-0.2, -0.15) is 4.98 Å². The quantitative estimate of drug-likeness (QED) is 0.391.